The number of furan rings is 1. The van der Waals surface area contributed by atoms with Crippen LogP contribution < -0.4 is 5.84 Å². The molecule has 1 aliphatic heterocycles. The molecule has 0 saturated carbocycles. The van der Waals surface area contributed by atoms with Gasteiger partial charge in [-0.3, -0.25) is 10.6 Å². The number of piperazine rings is 1. The van der Waals surface area contributed by atoms with E-state index in [0.29, 0.717) is 18.8 Å². The molecule has 0 atom stereocenters. The van der Waals surface area contributed by atoms with Crippen molar-refractivity contribution in [3.63, 3.8) is 0 Å². The Morgan fingerprint density at radius 3 is 2.75 bits per heavy atom. The predicted molar refractivity (Wildman–Crippen MR) is 60.1 cm³/mol. The van der Waals surface area contributed by atoms with Crippen molar-refractivity contribution >= 4 is 12.0 Å². The fourth-order valence-electron chi connectivity index (χ4n) is 1.59. The van der Waals surface area contributed by atoms with Crippen LogP contribution in [-0.4, -0.2) is 42.0 Å². The lowest BCUT2D eigenvalue weighted by Crippen LogP contribution is -2.50. The van der Waals surface area contributed by atoms with E-state index >= 15 is 0 Å². The molecule has 0 aromatic carbocycles. The van der Waals surface area contributed by atoms with Gasteiger partial charge in [-0.2, -0.15) is 0 Å². The Morgan fingerprint density at radius 1 is 1.38 bits per heavy atom. The largest absolute Gasteiger partial charge is 0.465 e. The van der Waals surface area contributed by atoms with Crippen molar-refractivity contribution in [2.45, 2.75) is 0 Å². The molecule has 0 aliphatic carbocycles. The number of carbonyl (C=O) groups excluding carboxylic acids is 1. The van der Waals surface area contributed by atoms with E-state index < -0.39 is 0 Å². The summed E-state index contributed by atoms with van der Waals surface area (Å²) in [7, 11) is 0. The Bertz CT molecular complexity index is 365. The van der Waals surface area contributed by atoms with Crippen molar-refractivity contribution in [3.05, 3.63) is 30.2 Å². The second-order valence-corrected chi connectivity index (χ2v) is 3.71. The first-order valence-electron chi connectivity index (χ1n) is 5.26. The van der Waals surface area contributed by atoms with Crippen LogP contribution in [0.2, 0.25) is 0 Å². The van der Waals surface area contributed by atoms with Gasteiger partial charge in [0.1, 0.15) is 5.76 Å². The summed E-state index contributed by atoms with van der Waals surface area (Å²) < 4.78 is 5.10. The lowest BCUT2D eigenvalue weighted by Gasteiger charge is -2.31. The van der Waals surface area contributed by atoms with Crippen molar-refractivity contribution in [2.75, 3.05) is 26.2 Å². The molecule has 1 aromatic heterocycles. The van der Waals surface area contributed by atoms with Gasteiger partial charge in [-0.25, -0.2) is 5.01 Å². The number of hydrogen-bond donors (Lipinski definition) is 1. The number of amides is 1. The van der Waals surface area contributed by atoms with Crippen LogP contribution in [0.4, 0.5) is 0 Å². The van der Waals surface area contributed by atoms with Gasteiger partial charge in [-0.05, 0) is 18.2 Å². The van der Waals surface area contributed by atoms with Crippen molar-refractivity contribution in [1.29, 1.82) is 0 Å². The van der Waals surface area contributed by atoms with E-state index in [-0.39, 0.29) is 5.91 Å². The van der Waals surface area contributed by atoms with Gasteiger partial charge in [-0.15, -0.1) is 0 Å². The Labute approximate surface area is 94.1 Å². The van der Waals surface area contributed by atoms with E-state index in [1.807, 2.05) is 6.07 Å². The molecule has 0 unspecified atom stereocenters. The highest BCUT2D eigenvalue weighted by molar-refractivity contribution is 5.91. The van der Waals surface area contributed by atoms with Gasteiger partial charge in [0.2, 0.25) is 5.91 Å². The van der Waals surface area contributed by atoms with Gasteiger partial charge in [-0.1, -0.05) is 0 Å². The Hall–Kier alpha value is -1.59. The van der Waals surface area contributed by atoms with E-state index in [1.165, 1.54) is 6.08 Å². The Kier molecular flexibility index (Phi) is 3.38. The number of hydrogen-bond acceptors (Lipinski definition) is 4. The summed E-state index contributed by atoms with van der Waals surface area (Å²) >= 11 is 0. The van der Waals surface area contributed by atoms with Gasteiger partial charge in [0.25, 0.3) is 0 Å². The number of rotatable bonds is 2. The highest BCUT2D eigenvalue weighted by atomic mass is 16.3. The normalized spacial score (nSPS) is 18.2. The molecule has 86 valence electrons. The first kappa shape index (κ1) is 10.9. The molecule has 1 amide bonds. The predicted octanol–water partition coefficient (Wildman–Crippen LogP) is 0.311. The minimum absolute atomic E-state index is 0.00417. The minimum atomic E-state index is 0.00417. The average molecular weight is 221 g/mol. The number of carbonyl (C=O) groups is 1. The summed E-state index contributed by atoms with van der Waals surface area (Å²) in [6, 6.07) is 3.60. The van der Waals surface area contributed by atoms with Crippen LogP contribution in [-0.2, 0) is 4.79 Å². The van der Waals surface area contributed by atoms with E-state index in [2.05, 4.69) is 0 Å². The third-order valence-electron chi connectivity index (χ3n) is 2.56. The van der Waals surface area contributed by atoms with Crippen LogP contribution in [0.5, 0.6) is 0 Å². The summed E-state index contributed by atoms with van der Waals surface area (Å²) in [6.45, 7) is 2.80. The molecule has 16 heavy (non-hydrogen) atoms. The van der Waals surface area contributed by atoms with E-state index in [1.54, 1.807) is 28.3 Å². The Morgan fingerprint density at radius 2 is 2.12 bits per heavy atom. The lowest BCUT2D eigenvalue weighted by molar-refractivity contribution is -0.127. The molecule has 2 heterocycles. The smallest absolute Gasteiger partial charge is 0.246 e. The van der Waals surface area contributed by atoms with E-state index in [0.717, 1.165) is 13.1 Å². The van der Waals surface area contributed by atoms with E-state index in [9.17, 15) is 4.79 Å². The van der Waals surface area contributed by atoms with Crippen molar-refractivity contribution in [3.8, 4) is 0 Å². The molecule has 2 N–H and O–H groups in total. The number of nitrogens with zero attached hydrogens (tertiary/aromatic N) is 2. The molecule has 1 aromatic rings. The average Bonchev–Trinajstić information content (AvgIpc) is 2.80. The summed E-state index contributed by atoms with van der Waals surface area (Å²) in [5.74, 6) is 6.30. The van der Waals surface area contributed by atoms with Crippen molar-refractivity contribution < 1.29 is 9.21 Å². The van der Waals surface area contributed by atoms with Gasteiger partial charge in [0.05, 0.1) is 6.26 Å². The molecule has 0 bridgehead atoms. The monoisotopic (exact) mass is 221 g/mol. The molecule has 1 aliphatic rings. The summed E-state index contributed by atoms with van der Waals surface area (Å²) in [5, 5.41) is 1.72. The molecule has 5 heteroatoms. The highest BCUT2D eigenvalue weighted by Gasteiger charge is 2.17. The number of nitrogens with two attached hydrogens (primary N) is 1. The van der Waals surface area contributed by atoms with Gasteiger partial charge in [0.15, 0.2) is 0 Å². The third kappa shape index (κ3) is 2.71. The minimum Gasteiger partial charge on any atom is -0.465 e. The van der Waals surface area contributed by atoms with Crippen LogP contribution in [0.15, 0.2) is 28.9 Å². The molecule has 1 fully saturated rings. The molecule has 0 spiro atoms. The van der Waals surface area contributed by atoms with Crippen LogP contribution in [0, 0.1) is 0 Å². The van der Waals surface area contributed by atoms with Crippen LogP contribution in [0.3, 0.4) is 0 Å². The maximum Gasteiger partial charge on any atom is 0.246 e. The van der Waals surface area contributed by atoms with Gasteiger partial charge < -0.3 is 9.32 Å². The molecule has 1 saturated heterocycles. The first-order valence-corrected chi connectivity index (χ1v) is 5.26. The standard InChI is InChI=1S/C11H15N3O2/c12-14-7-5-13(6-8-14)11(15)4-3-10-2-1-9-16-10/h1-4,9H,5-8,12H2/b4-3+. The molecule has 2 rings (SSSR count). The van der Waals surface area contributed by atoms with Crippen LogP contribution in [0.25, 0.3) is 6.08 Å². The second-order valence-electron chi connectivity index (χ2n) is 3.71. The van der Waals surface area contributed by atoms with Crippen LogP contribution in [0.1, 0.15) is 5.76 Å². The third-order valence-corrected chi connectivity index (χ3v) is 2.56. The van der Waals surface area contributed by atoms with Crippen molar-refractivity contribution in [2.24, 2.45) is 5.84 Å². The summed E-state index contributed by atoms with van der Waals surface area (Å²) in [5.41, 5.74) is 0. The maximum absolute atomic E-state index is 11.7. The highest BCUT2D eigenvalue weighted by Crippen LogP contribution is 2.04. The summed E-state index contributed by atoms with van der Waals surface area (Å²) in [4.78, 5) is 13.5. The van der Waals surface area contributed by atoms with Crippen LogP contribution >= 0.6 is 0 Å². The zero-order chi connectivity index (χ0) is 11.4. The quantitative estimate of drug-likeness (QED) is 0.576. The Balaban J connectivity index is 1.88. The molecule has 5 nitrogen and oxygen atoms in total. The molecular formula is C11H15N3O2. The molecular weight excluding hydrogens is 206 g/mol. The SMILES string of the molecule is NN1CCN(C(=O)/C=C/c2ccco2)CC1. The molecule has 0 radical (unpaired) electrons. The van der Waals surface area contributed by atoms with Gasteiger partial charge in [0, 0.05) is 32.3 Å². The maximum atomic E-state index is 11.7. The zero-order valence-electron chi connectivity index (χ0n) is 9.00. The van der Waals surface area contributed by atoms with E-state index in [4.69, 9.17) is 10.3 Å². The topological polar surface area (TPSA) is 62.7 Å². The second kappa shape index (κ2) is 4.96. The number of hydrazine groups is 1. The first-order chi connectivity index (χ1) is 7.75. The lowest BCUT2D eigenvalue weighted by atomic mass is 10.3. The fraction of sp³-hybridized carbons (Fsp3) is 0.364. The zero-order valence-corrected chi connectivity index (χ0v) is 9.00. The van der Waals surface area contributed by atoms with Gasteiger partial charge >= 0.3 is 0 Å². The van der Waals surface area contributed by atoms with Crippen molar-refractivity contribution in [1.82, 2.24) is 9.91 Å². The fourth-order valence-corrected chi connectivity index (χ4v) is 1.59. The summed E-state index contributed by atoms with van der Waals surface area (Å²) in [6.07, 6.45) is 4.79.